The maximum atomic E-state index is 13.2. The van der Waals surface area contributed by atoms with Gasteiger partial charge in [-0.15, -0.1) is 0 Å². The van der Waals surface area contributed by atoms with Gasteiger partial charge in [0.1, 0.15) is 6.04 Å². The van der Waals surface area contributed by atoms with Crippen LogP contribution in [0, 0.1) is 11.8 Å². The van der Waals surface area contributed by atoms with Crippen molar-refractivity contribution in [3.05, 3.63) is 34.9 Å². The maximum Gasteiger partial charge on any atom is 0.255 e. The van der Waals surface area contributed by atoms with Crippen LogP contribution < -0.4 is 16.0 Å². The van der Waals surface area contributed by atoms with Gasteiger partial charge in [-0.2, -0.15) is 0 Å². The highest BCUT2D eigenvalue weighted by atomic mass is 16.2. The number of rotatable bonds is 5. The second-order valence-corrected chi connectivity index (χ2v) is 9.21. The van der Waals surface area contributed by atoms with Crippen molar-refractivity contribution in [3.63, 3.8) is 0 Å². The number of piperidine rings is 1. The smallest absolute Gasteiger partial charge is 0.255 e. The van der Waals surface area contributed by atoms with E-state index in [0.29, 0.717) is 31.5 Å². The van der Waals surface area contributed by atoms with E-state index in [1.165, 1.54) is 25.7 Å². The van der Waals surface area contributed by atoms with Gasteiger partial charge in [0, 0.05) is 31.1 Å². The van der Waals surface area contributed by atoms with Crippen LogP contribution in [0.2, 0.25) is 0 Å². The van der Waals surface area contributed by atoms with Crippen LogP contribution in [0.25, 0.3) is 0 Å². The highest BCUT2D eigenvalue weighted by Gasteiger charge is 2.40. The van der Waals surface area contributed by atoms with Crippen molar-refractivity contribution in [3.8, 4) is 0 Å². The molecule has 3 N–H and O–H groups in total. The molecule has 1 aromatic rings. The average Bonchev–Trinajstić information content (AvgIpc) is 3.30. The second kappa shape index (κ2) is 8.12. The monoisotopic (exact) mass is 410 g/mol. The van der Waals surface area contributed by atoms with Gasteiger partial charge in [0.15, 0.2) is 0 Å². The summed E-state index contributed by atoms with van der Waals surface area (Å²) in [6, 6.07) is 6.10. The van der Waals surface area contributed by atoms with Crippen LogP contribution in [0.3, 0.4) is 0 Å². The van der Waals surface area contributed by atoms with Crippen molar-refractivity contribution in [1.29, 1.82) is 0 Å². The van der Waals surface area contributed by atoms with Gasteiger partial charge in [-0.1, -0.05) is 31.0 Å². The molecule has 3 amide bonds. The molecule has 3 heterocycles. The highest BCUT2D eigenvalue weighted by molar-refractivity contribution is 6.05. The Balaban J connectivity index is 1.24. The Morgan fingerprint density at radius 2 is 1.97 bits per heavy atom. The molecule has 5 rings (SSSR count). The zero-order valence-corrected chi connectivity index (χ0v) is 17.3. The van der Waals surface area contributed by atoms with E-state index in [1.54, 1.807) is 4.90 Å². The number of hydrogen-bond acceptors (Lipinski definition) is 5. The Hall–Kier alpha value is -2.25. The van der Waals surface area contributed by atoms with E-state index in [4.69, 9.17) is 0 Å². The van der Waals surface area contributed by atoms with E-state index in [1.807, 2.05) is 18.2 Å². The molecule has 3 fully saturated rings. The quantitative estimate of drug-likeness (QED) is 0.637. The SMILES string of the molecule is O=C1CCC(N2Cc3cccc(CNCC4CNC5CCCCC45)c3C2=O)C(=O)N1. The van der Waals surface area contributed by atoms with Crippen molar-refractivity contribution in [2.45, 2.75) is 63.7 Å². The van der Waals surface area contributed by atoms with Crippen LogP contribution in [0.15, 0.2) is 18.2 Å². The third kappa shape index (κ3) is 3.54. The van der Waals surface area contributed by atoms with Crippen molar-refractivity contribution >= 4 is 17.7 Å². The molecule has 7 heteroatoms. The van der Waals surface area contributed by atoms with Crippen LogP contribution in [-0.2, 0) is 22.7 Å². The Bertz CT molecular complexity index is 870. The first kappa shape index (κ1) is 19.7. The van der Waals surface area contributed by atoms with Gasteiger partial charge in [0.05, 0.1) is 0 Å². The van der Waals surface area contributed by atoms with Gasteiger partial charge >= 0.3 is 0 Å². The van der Waals surface area contributed by atoms with Gasteiger partial charge in [0.2, 0.25) is 11.8 Å². The van der Waals surface area contributed by atoms with Gasteiger partial charge in [0.25, 0.3) is 5.91 Å². The summed E-state index contributed by atoms with van der Waals surface area (Å²) < 4.78 is 0. The predicted molar refractivity (Wildman–Crippen MR) is 111 cm³/mol. The summed E-state index contributed by atoms with van der Waals surface area (Å²) >= 11 is 0. The highest BCUT2D eigenvalue weighted by Crippen LogP contribution is 2.34. The summed E-state index contributed by atoms with van der Waals surface area (Å²) in [7, 11) is 0. The average molecular weight is 411 g/mol. The fourth-order valence-corrected chi connectivity index (χ4v) is 5.88. The van der Waals surface area contributed by atoms with Crippen LogP contribution in [0.5, 0.6) is 0 Å². The lowest BCUT2D eigenvalue weighted by Crippen LogP contribution is -2.52. The lowest BCUT2D eigenvalue weighted by molar-refractivity contribution is -0.136. The van der Waals surface area contributed by atoms with E-state index < -0.39 is 6.04 Å². The fraction of sp³-hybridized carbons (Fsp3) is 0.609. The summed E-state index contributed by atoms with van der Waals surface area (Å²) in [5, 5.41) is 9.66. The normalized spacial score (nSPS) is 30.9. The molecule has 7 nitrogen and oxygen atoms in total. The molecule has 0 spiro atoms. The molecule has 3 aliphatic heterocycles. The standard InChI is InChI=1S/C23H30N4O3/c28-20-9-8-19(22(29)26-20)27-13-15-5-3-4-14(21(15)23(27)30)10-24-11-16-12-25-18-7-2-1-6-17(16)18/h3-5,16-19,24-25H,1-2,6-13H2,(H,26,28,29). The Kier molecular flexibility index (Phi) is 5.33. The van der Waals surface area contributed by atoms with Crippen molar-refractivity contribution in [1.82, 2.24) is 20.9 Å². The first-order chi connectivity index (χ1) is 14.6. The predicted octanol–water partition coefficient (Wildman–Crippen LogP) is 1.32. The number of benzene rings is 1. The molecule has 4 unspecified atom stereocenters. The van der Waals surface area contributed by atoms with Crippen LogP contribution >= 0.6 is 0 Å². The third-order valence-corrected chi connectivity index (χ3v) is 7.43. The van der Waals surface area contributed by atoms with Gasteiger partial charge in [-0.3, -0.25) is 19.7 Å². The molecule has 30 heavy (non-hydrogen) atoms. The zero-order chi connectivity index (χ0) is 20.7. The molecule has 0 aromatic heterocycles. The Labute approximate surface area is 177 Å². The molecular formula is C23H30N4O3. The van der Waals surface area contributed by atoms with Crippen LogP contribution in [-0.4, -0.2) is 47.8 Å². The van der Waals surface area contributed by atoms with Crippen molar-refractivity contribution in [2.75, 3.05) is 13.1 Å². The molecule has 0 radical (unpaired) electrons. The summed E-state index contributed by atoms with van der Waals surface area (Å²) in [6.07, 6.45) is 5.99. The molecule has 1 aromatic carbocycles. The topological polar surface area (TPSA) is 90.5 Å². The minimum atomic E-state index is -0.559. The van der Waals surface area contributed by atoms with Gasteiger partial charge < -0.3 is 15.5 Å². The van der Waals surface area contributed by atoms with E-state index in [-0.39, 0.29) is 24.1 Å². The number of nitrogens with one attached hydrogen (secondary N) is 3. The molecule has 1 saturated carbocycles. The lowest BCUT2D eigenvalue weighted by Gasteiger charge is -2.29. The molecule has 2 saturated heterocycles. The van der Waals surface area contributed by atoms with E-state index in [0.717, 1.165) is 35.7 Å². The summed E-state index contributed by atoms with van der Waals surface area (Å²) in [4.78, 5) is 38.5. The van der Waals surface area contributed by atoms with Crippen LogP contribution in [0.1, 0.15) is 60.0 Å². The number of hydrogen-bond donors (Lipinski definition) is 3. The maximum absolute atomic E-state index is 13.2. The van der Waals surface area contributed by atoms with Gasteiger partial charge in [-0.25, -0.2) is 0 Å². The summed E-state index contributed by atoms with van der Waals surface area (Å²) in [5.41, 5.74) is 2.70. The first-order valence-electron chi connectivity index (χ1n) is 11.3. The van der Waals surface area contributed by atoms with Crippen molar-refractivity contribution < 1.29 is 14.4 Å². The fourth-order valence-electron chi connectivity index (χ4n) is 5.88. The minimum Gasteiger partial charge on any atom is -0.322 e. The molecule has 4 atom stereocenters. The summed E-state index contributed by atoms with van der Waals surface area (Å²) in [5.74, 6) is 0.724. The number of fused-ring (bicyclic) bond motifs is 2. The van der Waals surface area contributed by atoms with E-state index in [2.05, 4.69) is 16.0 Å². The molecular weight excluding hydrogens is 380 g/mol. The number of nitrogens with zero attached hydrogens (tertiary/aromatic N) is 1. The van der Waals surface area contributed by atoms with E-state index in [9.17, 15) is 14.4 Å². The zero-order valence-electron chi connectivity index (χ0n) is 17.3. The van der Waals surface area contributed by atoms with Crippen molar-refractivity contribution in [2.24, 2.45) is 11.8 Å². The molecule has 0 bridgehead atoms. The van der Waals surface area contributed by atoms with E-state index >= 15 is 0 Å². The van der Waals surface area contributed by atoms with Gasteiger partial charge in [-0.05, 0) is 55.3 Å². The number of amides is 3. The van der Waals surface area contributed by atoms with Crippen LogP contribution in [0.4, 0.5) is 0 Å². The number of carbonyl (C=O) groups excluding carboxylic acids is 3. The number of imide groups is 1. The largest absolute Gasteiger partial charge is 0.322 e. The minimum absolute atomic E-state index is 0.0909. The number of carbonyl (C=O) groups is 3. The first-order valence-corrected chi connectivity index (χ1v) is 11.3. The molecule has 160 valence electrons. The molecule has 1 aliphatic carbocycles. The Morgan fingerprint density at radius 3 is 2.83 bits per heavy atom. The Morgan fingerprint density at radius 1 is 1.10 bits per heavy atom. The second-order valence-electron chi connectivity index (χ2n) is 9.21. The molecule has 4 aliphatic rings. The third-order valence-electron chi connectivity index (χ3n) is 7.43. The lowest BCUT2D eigenvalue weighted by atomic mass is 9.80. The summed E-state index contributed by atoms with van der Waals surface area (Å²) in [6.45, 7) is 3.14.